The molecule has 1 N–H and O–H groups in total. The standard InChI is InChI=1S/C9H9FN4O/c1-6(13-14-11)9(15)12-8-4-2-7(10)3-5-8/h2-6H,1H3,(H,12,15). The lowest BCUT2D eigenvalue weighted by molar-refractivity contribution is -0.117. The van der Waals surface area contributed by atoms with Crippen molar-refractivity contribution in [3.8, 4) is 0 Å². The average Bonchev–Trinajstić information content (AvgIpc) is 2.22. The van der Waals surface area contributed by atoms with Crippen molar-refractivity contribution in [1.29, 1.82) is 0 Å². The number of amides is 1. The summed E-state index contributed by atoms with van der Waals surface area (Å²) in [6.45, 7) is 1.47. The Morgan fingerprint density at radius 2 is 2.13 bits per heavy atom. The molecule has 15 heavy (non-hydrogen) atoms. The first-order valence-electron chi connectivity index (χ1n) is 4.24. The van der Waals surface area contributed by atoms with Gasteiger partial charge < -0.3 is 5.32 Å². The van der Waals surface area contributed by atoms with E-state index in [1.54, 1.807) is 0 Å². The highest BCUT2D eigenvalue weighted by Crippen LogP contribution is 2.09. The Morgan fingerprint density at radius 3 is 2.67 bits per heavy atom. The lowest BCUT2D eigenvalue weighted by atomic mass is 10.3. The van der Waals surface area contributed by atoms with Crippen molar-refractivity contribution in [3.05, 3.63) is 40.5 Å². The van der Waals surface area contributed by atoms with E-state index in [0.717, 1.165) is 0 Å². The second kappa shape index (κ2) is 4.97. The molecule has 0 fully saturated rings. The smallest absolute Gasteiger partial charge is 0.233 e. The molecule has 0 bridgehead atoms. The van der Waals surface area contributed by atoms with Crippen LogP contribution < -0.4 is 5.32 Å². The van der Waals surface area contributed by atoms with Gasteiger partial charge in [-0.05, 0) is 36.7 Å². The number of rotatable bonds is 3. The second-order valence-electron chi connectivity index (χ2n) is 2.88. The summed E-state index contributed by atoms with van der Waals surface area (Å²) in [7, 11) is 0. The number of halogens is 1. The molecule has 0 saturated heterocycles. The van der Waals surface area contributed by atoms with E-state index in [1.165, 1.54) is 31.2 Å². The van der Waals surface area contributed by atoms with Crippen molar-refractivity contribution >= 4 is 11.6 Å². The fourth-order valence-electron chi connectivity index (χ4n) is 0.910. The van der Waals surface area contributed by atoms with E-state index >= 15 is 0 Å². The van der Waals surface area contributed by atoms with Gasteiger partial charge in [0.2, 0.25) is 5.91 Å². The monoisotopic (exact) mass is 208 g/mol. The van der Waals surface area contributed by atoms with Gasteiger partial charge >= 0.3 is 0 Å². The Hall–Kier alpha value is -2.07. The van der Waals surface area contributed by atoms with Crippen molar-refractivity contribution < 1.29 is 9.18 Å². The second-order valence-corrected chi connectivity index (χ2v) is 2.88. The first-order chi connectivity index (χ1) is 7.13. The number of benzene rings is 1. The maximum atomic E-state index is 12.5. The predicted molar refractivity (Wildman–Crippen MR) is 53.6 cm³/mol. The molecule has 1 amide bonds. The highest BCUT2D eigenvalue weighted by Gasteiger charge is 2.10. The van der Waals surface area contributed by atoms with E-state index in [-0.39, 0.29) is 5.82 Å². The van der Waals surface area contributed by atoms with Crippen LogP contribution in [0.25, 0.3) is 10.4 Å². The van der Waals surface area contributed by atoms with Crippen molar-refractivity contribution in [2.45, 2.75) is 13.0 Å². The van der Waals surface area contributed by atoms with Gasteiger partial charge in [-0.1, -0.05) is 5.11 Å². The quantitative estimate of drug-likeness (QED) is 0.462. The zero-order valence-electron chi connectivity index (χ0n) is 8.01. The van der Waals surface area contributed by atoms with Crippen molar-refractivity contribution in [3.63, 3.8) is 0 Å². The van der Waals surface area contributed by atoms with E-state index in [2.05, 4.69) is 15.3 Å². The van der Waals surface area contributed by atoms with Crippen LogP contribution in [0.4, 0.5) is 10.1 Å². The average molecular weight is 208 g/mol. The molecule has 6 heteroatoms. The minimum Gasteiger partial charge on any atom is -0.326 e. The van der Waals surface area contributed by atoms with Crippen LogP contribution in [0.3, 0.4) is 0 Å². The molecule has 1 atom stereocenters. The van der Waals surface area contributed by atoms with E-state index < -0.39 is 11.9 Å². The largest absolute Gasteiger partial charge is 0.326 e. The fourth-order valence-corrected chi connectivity index (χ4v) is 0.910. The van der Waals surface area contributed by atoms with E-state index in [1.807, 2.05) is 0 Å². The molecule has 0 radical (unpaired) electrons. The molecule has 1 unspecified atom stereocenters. The number of hydrogen-bond donors (Lipinski definition) is 1. The Kier molecular flexibility index (Phi) is 3.65. The molecule has 1 aromatic carbocycles. The molecule has 0 aromatic heterocycles. The maximum absolute atomic E-state index is 12.5. The normalized spacial score (nSPS) is 11.3. The third-order valence-corrected chi connectivity index (χ3v) is 1.72. The zero-order valence-corrected chi connectivity index (χ0v) is 8.01. The van der Waals surface area contributed by atoms with Crippen LogP contribution in [0.15, 0.2) is 29.4 Å². The third-order valence-electron chi connectivity index (χ3n) is 1.72. The Labute approximate surface area is 85.5 Å². The maximum Gasteiger partial charge on any atom is 0.233 e. The molecule has 5 nitrogen and oxygen atoms in total. The molecule has 0 heterocycles. The summed E-state index contributed by atoms with van der Waals surface area (Å²) >= 11 is 0. The number of carbonyl (C=O) groups excluding carboxylic acids is 1. The summed E-state index contributed by atoms with van der Waals surface area (Å²) < 4.78 is 12.5. The molecule has 0 saturated carbocycles. The van der Waals surface area contributed by atoms with Gasteiger partial charge in [-0.15, -0.1) is 0 Å². The zero-order chi connectivity index (χ0) is 11.3. The van der Waals surface area contributed by atoms with Gasteiger partial charge in [0.15, 0.2) is 0 Å². The van der Waals surface area contributed by atoms with Crippen molar-refractivity contribution in [1.82, 2.24) is 0 Å². The van der Waals surface area contributed by atoms with Crippen molar-refractivity contribution in [2.75, 3.05) is 5.32 Å². The number of nitrogens with one attached hydrogen (secondary N) is 1. The van der Waals surface area contributed by atoms with Crippen LogP contribution in [0.5, 0.6) is 0 Å². The lowest BCUT2D eigenvalue weighted by Crippen LogP contribution is -2.22. The molecule has 0 aliphatic carbocycles. The SMILES string of the molecule is CC(N=[N+]=[N-])C(=O)Nc1ccc(F)cc1. The topological polar surface area (TPSA) is 77.9 Å². The molecule has 1 rings (SSSR count). The molecule has 78 valence electrons. The van der Waals surface area contributed by atoms with Crippen LogP contribution in [-0.2, 0) is 4.79 Å². The summed E-state index contributed by atoms with van der Waals surface area (Å²) in [5.41, 5.74) is 8.58. The minimum atomic E-state index is -0.792. The third kappa shape index (κ3) is 3.28. The van der Waals surface area contributed by atoms with Gasteiger partial charge in [0, 0.05) is 10.6 Å². The molecule has 0 aliphatic heterocycles. The van der Waals surface area contributed by atoms with Gasteiger partial charge in [0.25, 0.3) is 0 Å². The van der Waals surface area contributed by atoms with E-state index in [4.69, 9.17) is 5.53 Å². The summed E-state index contributed by atoms with van der Waals surface area (Å²) in [6.07, 6.45) is 0. The van der Waals surface area contributed by atoms with Gasteiger partial charge in [0.1, 0.15) is 11.9 Å². The highest BCUT2D eigenvalue weighted by molar-refractivity contribution is 5.94. The van der Waals surface area contributed by atoms with Crippen LogP contribution in [0, 0.1) is 5.82 Å². The summed E-state index contributed by atoms with van der Waals surface area (Å²) in [5, 5.41) is 5.72. The number of nitrogens with zero attached hydrogens (tertiary/aromatic N) is 3. The Bertz CT molecular complexity index is 397. The van der Waals surface area contributed by atoms with E-state index in [0.29, 0.717) is 5.69 Å². The first kappa shape index (κ1) is 11.0. The summed E-state index contributed by atoms with van der Waals surface area (Å²) in [6, 6.07) is 4.52. The fraction of sp³-hybridized carbons (Fsp3) is 0.222. The number of hydrogen-bond acceptors (Lipinski definition) is 2. The molecule has 0 spiro atoms. The summed E-state index contributed by atoms with van der Waals surface area (Å²) in [5.74, 6) is -0.810. The Balaban J connectivity index is 2.66. The highest BCUT2D eigenvalue weighted by atomic mass is 19.1. The van der Waals surface area contributed by atoms with Crippen LogP contribution >= 0.6 is 0 Å². The predicted octanol–water partition coefficient (Wildman–Crippen LogP) is 2.46. The lowest BCUT2D eigenvalue weighted by Gasteiger charge is -2.06. The number of carbonyl (C=O) groups is 1. The van der Waals surface area contributed by atoms with Crippen LogP contribution in [-0.4, -0.2) is 11.9 Å². The van der Waals surface area contributed by atoms with Crippen LogP contribution in [0.2, 0.25) is 0 Å². The molecular weight excluding hydrogens is 199 g/mol. The van der Waals surface area contributed by atoms with Gasteiger partial charge in [0.05, 0.1) is 0 Å². The summed E-state index contributed by atoms with van der Waals surface area (Å²) in [4.78, 5) is 13.8. The van der Waals surface area contributed by atoms with Crippen LogP contribution in [0.1, 0.15) is 6.92 Å². The first-order valence-corrected chi connectivity index (χ1v) is 4.24. The van der Waals surface area contributed by atoms with Gasteiger partial charge in [-0.2, -0.15) is 0 Å². The van der Waals surface area contributed by atoms with Gasteiger partial charge in [-0.3, -0.25) is 4.79 Å². The number of azide groups is 1. The minimum absolute atomic E-state index is 0.379. The molecule has 0 aliphatic rings. The van der Waals surface area contributed by atoms with Gasteiger partial charge in [-0.25, -0.2) is 4.39 Å². The van der Waals surface area contributed by atoms with E-state index in [9.17, 15) is 9.18 Å². The molecular formula is C9H9FN4O. The van der Waals surface area contributed by atoms with Crippen molar-refractivity contribution in [2.24, 2.45) is 5.11 Å². The molecule has 1 aromatic rings. The number of anilines is 1. The Morgan fingerprint density at radius 1 is 1.53 bits per heavy atom.